The summed E-state index contributed by atoms with van der Waals surface area (Å²) in [6.07, 6.45) is 0. The van der Waals surface area contributed by atoms with Gasteiger partial charge in [0.2, 0.25) is 0 Å². The number of thioether (sulfide) groups is 2. The summed E-state index contributed by atoms with van der Waals surface area (Å²) in [4.78, 5) is 14.1. The minimum absolute atomic E-state index is 0.0207. The Bertz CT molecular complexity index is 666. The minimum atomic E-state index is -0.263. The van der Waals surface area contributed by atoms with Crippen molar-refractivity contribution in [2.24, 2.45) is 0 Å². The van der Waals surface area contributed by atoms with Crippen molar-refractivity contribution in [1.82, 2.24) is 4.90 Å². The van der Waals surface area contributed by atoms with Gasteiger partial charge < -0.3 is 4.90 Å². The van der Waals surface area contributed by atoms with Gasteiger partial charge in [-0.15, -0.1) is 23.5 Å². The normalized spacial score (nSPS) is 14.9. The zero-order valence-corrected chi connectivity index (χ0v) is 14.5. The van der Waals surface area contributed by atoms with Gasteiger partial charge in [0.25, 0.3) is 5.91 Å². The third kappa shape index (κ3) is 4.09. The fraction of sp³-hybridized carbons (Fsp3) is 0.278. The van der Waals surface area contributed by atoms with Gasteiger partial charge in [-0.3, -0.25) is 4.79 Å². The molecule has 0 unspecified atom stereocenters. The Morgan fingerprint density at radius 1 is 1.09 bits per heavy atom. The van der Waals surface area contributed by atoms with Crippen molar-refractivity contribution >= 4 is 29.4 Å². The Balaban J connectivity index is 1.65. The fourth-order valence-corrected chi connectivity index (χ4v) is 5.35. The van der Waals surface area contributed by atoms with Crippen molar-refractivity contribution in [3.05, 3.63) is 71.0 Å². The largest absolute Gasteiger partial charge is 0.337 e. The maximum atomic E-state index is 12.9. The molecule has 0 aliphatic carbocycles. The molecule has 1 fully saturated rings. The molecule has 2 aromatic rings. The lowest BCUT2D eigenvalue weighted by molar-refractivity contribution is 0.0785. The molecule has 120 valence electrons. The molecule has 0 N–H and O–H groups in total. The van der Waals surface area contributed by atoms with Gasteiger partial charge in [0, 0.05) is 30.7 Å². The molecule has 0 atom stereocenters. The summed E-state index contributed by atoms with van der Waals surface area (Å²) in [6.45, 7) is 0.467. The molecule has 1 amide bonds. The monoisotopic (exact) mass is 347 g/mol. The van der Waals surface area contributed by atoms with Crippen molar-refractivity contribution in [2.75, 3.05) is 18.6 Å². The molecule has 0 aromatic heterocycles. The summed E-state index contributed by atoms with van der Waals surface area (Å²) in [5.41, 5.74) is 2.87. The molecular weight excluding hydrogens is 329 g/mol. The topological polar surface area (TPSA) is 20.3 Å². The van der Waals surface area contributed by atoms with Gasteiger partial charge in [-0.1, -0.05) is 24.3 Å². The van der Waals surface area contributed by atoms with Crippen LogP contribution in [0.5, 0.6) is 0 Å². The Morgan fingerprint density at radius 3 is 2.30 bits per heavy atom. The molecule has 3 rings (SSSR count). The maximum absolute atomic E-state index is 12.9. The molecule has 0 spiro atoms. The van der Waals surface area contributed by atoms with Crippen molar-refractivity contribution in [3.63, 3.8) is 0 Å². The molecule has 1 heterocycles. The summed E-state index contributed by atoms with van der Waals surface area (Å²) < 4.78 is 13.4. The zero-order chi connectivity index (χ0) is 16.2. The SMILES string of the molecule is CN(Cc1ccc(F)cc1)C(=O)c1ccc(C2SCCS2)cc1. The van der Waals surface area contributed by atoms with Crippen LogP contribution in [0.2, 0.25) is 0 Å². The van der Waals surface area contributed by atoms with Crippen LogP contribution < -0.4 is 0 Å². The van der Waals surface area contributed by atoms with Gasteiger partial charge in [-0.2, -0.15) is 0 Å². The minimum Gasteiger partial charge on any atom is -0.337 e. The second-order valence-corrected chi connectivity index (χ2v) is 8.21. The van der Waals surface area contributed by atoms with Gasteiger partial charge in [-0.25, -0.2) is 4.39 Å². The highest BCUT2D eigenvalue weighted by Crippen LogP contribution is 2.45. The first-order valence-electron chi connectivity index (χ1n) is 7.46. The second-order valence-electron chi connectivity index (χ2n) is 5.48. The highest BCUT2D eigenvalue weighted by molar-refractivity contribution is 8.19. The summed E-state index contributed by atoms with van der Waals surface area (Å²) in [7, 11) is 1.77. The summed E-state index contributed by atoms with van der Waals surface area (Å²) >= 11 is 3.91. The standard InChI is InChI=1S/C18H18FNOS2/c1-20(12-13-2-8-16(19)9-3-13)17(21)14-4-6-15(7-5-14)18-22-10-11-23-18/h2-9,18H,10-12H2,1H3. The smallest absolute Gasteiger partial charge is 0.253 e. The first-order chi connectivity index (χ1) is 11.1. The van der Waals surface area contributed by atoms with Gasteiger partial charge in [-0.05, 0) is 35.4 Å². The third-order valence-electron chi connectivity index (χ3n) is 3.73. The Labute approximate surface area is 144 Å². The molecule has 0 bridgehead atoms. The number of carbonyl (C=O) groups excluding carboxylic acids is 1. The number of carbonyl (C=O) groups is 1. The van der Waals surface area contributed by atoms with E-state index in [0.717, 1.165) is 5.56 Å². The first kappa shape index (κ1) is 16.4. The molecule has 0 radical (unpaired) electrons. The van der Waals surface area contributed by atoms with Crippen LogP contribution in [-0.4, -0.2) is 29.4 Å². The number of amides is 1. The molecule has 5 heteroatoms. The van der Waals surface area contributed by atoms with E-state index >= 15 is 0 Å². The van der Waals surface area contributed by atoms with Crippen LogP contribution in [0.1, 0.15) is 26.1 Å². The molecule has 2 aromatic carbocycles. The zero-order valence-electron chi connectivity index (χ0n) is 12.9. The van der Waals surface area contributed by atoms with E-state index in [1.165, 1.54) is 29.2 Å². The van der Waals surface area contributed by atoms with Crippen LogP contribution in [0.3, 0.4) is 0 Å². The highest BCUT2D eigenvalue weighted by Gasteiger charge is 2.19. The van der Waals surface area contributed by atoms with Crippen molar-refractivity contribution in [3.8, 4) is 0 Å². The molecule has 0 saturated carbocycles. The van der Waals surface area contributed by atoms with E-state index in [4.69, 9.17) is 0 Å². The van der Waals surface area contributed by atoms with Gasteiger partial charge in [0.15, 0.2) is 0 Å². The van der Waals surface area contributed by atoms with E-state index in [-0.39, 0.29) is 11.7 Å². The Kier molecular flexibility index (Phi) is 5.28. The van der Waals surface area contributed by atoms with Gasteiger partial charge >= 0.3 is 0 Å². The molecule has 1 saturated heterocycles. The van der Waals surface area contributed by atoms with Crippen molar-refractivity contribution < 1.29 is 9.18 Å². The van der Waals surface area contributed by atoms with E-state index < -0.39 is 0 Å². The second kappa shape index (κ2) is 7.41. The predicted molar refractivity (Wildman–Crippen MR) is 96.3 cm³/mol. The lowest BCUT2D eigenvalue weighted by Crippen LogP contribution is -2.26. The number of benzene rings is 2. The van der Waals surface area contributed by atoms with Crippen LogP contribution in [0.25, 0.3) is 0 Å². The third-order valence-corrected chi connectivity index (χ3v) is 6.84. The summed E-state index contributed by atoms with van der Waals surface area (Å²) in [5, 5.41) is 0. The van der Waals surface area contributed by atoms with E-state index in [2.05, 4.69) is 12.1 Å². The maximum Gasteiger partial charge on any atom is 0.253 e. The van der Waals surface area contributed by atoms with Crippen LogP contribution in [0, 0.1) is 5.82 Å². The average molecular weight is 347 g/mol. The predicted octanol–water partition coefficient (Wildman–Crippen LogP) is 4.58. The van der Waals surface area contributed by atoms with E-state index in [1.54, 1.807) is 24.1 Å². The summed E-state index contributed by atoms with van der Waals surface area (Å²) in [5.74, 6) is 2.10. The molecule has 23 heavy (non-hydrogen) atoms. The molecule has 1 aliphatic heterocycles. The quantitative estimate of drug-likeness (QED) is 0.808. The lowest BCUT2D eigenvalue weighted by Gasteiger charge is -2.18. The van der Waals surface area contributed by atoms with Crippen molar-refractivity contribution in [1.29, 1.82) is 0 Å². The lowest BCUT2D eigenvalue weighted by atomic mass is 10.1. The van der Waals surface area contributed by atoms with Gasteiger partial charge in [0.05, 0.1) is 4.58 Å². The van der Waals surface area contributed by atoms with E-state index in [1.807, 2.05) is 35.7 Å². The number of hydrogen-bond donors (Lipinski definition) is 0. The van der Waals surface area contributed by atoms with Crippen LogP contribution in [0.4, 0.5) is 4.39 Å². The number of nitrogens with zero attached hydrogens (tertiary/aromatic N) is 1. The number of rotatable bonds is 4. The van der Waals surface area contributed by atoms with Gasteiger partial charge in [0.1, 0.15) is 5.82 Å². The van der Waals surface area contributed by atoms with E-state index in [0.29, 0.717) is 16.7 Å². The Morgan fingerprint density at radius 2 is 1.70 bits per heavy atom. The highest BCUT2D eigenvalue weighted by atomic mass is 32.2. The average Bonchev–Trinajstić information content (AvgIpc) is 3.11. The van der Waals surface area contributed by atoms with Crippen LogP contribution >= 0.6 is 23.5 Å². The number of halogens is 1. The first-order valence-corrected chi connectivity index (χ1v) is 9.56. The molecule has 1 aliphatic rings. The number of hydrogen-bond acceptors (Lipinski definition) is 3. The summed E-state index contributed by atoms with van der Waals surface area (Å²) in [6, 6.07) is 14.1. The Hall–Kier alpha value is -1.46. The molecule has 2 nitrogen and oxygen atoms in total. The van der Waals surface area contributed by atoms with E-state index in [9.17, 15) is 9.18 Å². The fourth-order valence-electron chi connectivity index (χ4n) is 2.49. The molecular formula is C18H18FNOS2. The van der Waals surface area contributed by atoms with Crippen LogP contribution in [-0.2, 0) is 6.54 Å². The van der Waals surface area contributed by atoms with Crippen LogP contribution in [0.15, 0.2) is 48.5 Å². The van der Waals surface area contributed by atoms with Crippen molar-refractivity contribution in [2.45, 2.75) is 11.1 Å².